The Morgan fingerprint density at radius 2 is 1.67 bits per heavy atom. The Balaban J connectivity index is 2.36. The minimum Gasteiger partial charge on any atom is -0.390 e. The minimum absolute atomic E-state index is 0.0572. The summed E-state index contributed by atoms with van der Waals surface area (Å²) in [5.74, 6) is -0.722. The topological polar surface area (TPSA) is 124 Å². The molecule has 0 radical (unpaired) electrons. The fourth-order valence-electron chi connectivity index (χ4n) is 4.48. The van der Waals surface area contributed by atoms with Gasteiger partial charge in [0.05, 0.1) is 13.2 Å². The fourth-order valence-corrected chi connectivity index (χ4v) is 5.07. The Bertz CT molecular complexity index is 722. The summed E-state index contributed by atoms with van der Waals surface area (Å²) in [4.78, 5) is 17.1. The van der Waals surface area contributed by atoms with Gasteiger partial charge in [0.15, 0.2) is 0 Å². The number of aliphatic imine (C=N–C) groups is 1. The van der Waals surface area contributed by atoms with Crippen LogP contribution in [0.4, 0.5) is 0 Å². The van der Waals surface area contributed by atoms with Crippen LogP contribution in [-0.2, 0) is 14.9 Å². The third-order valence-electron chi connectivity index (χ3n) is 6.17. The number of aliphatic hydroxyl groups excluding tert-OH is 2. The van der Waals surface area contributed by atoms with Crippen LogP contribution in [-0.4, -0.2) is 83.9 Å². The van der Waals surface area contributed by atoms with E-state index in [9.17, 15) is 23.4 Å². The van der Waals surface area contributed by atoms with Gasteiger partial charge in [0, 0.05) is 6.42 Å². The van der Waals surface area contributed by atoms with Gasteiger partial charge in [0.1, 0.15) is 31.5 Å². The summed E-state index contributed by atoms with van der Waals surface area (Å²) in [5.41, 5.74) is 0. The lowest BCUT2D eigenvalue weighted by Crippen LogP contribution is -2.59. The fraction of sp³-hybridized carbons (Fsp3) is 0.833. The summed E-state index contributed by atoms with van der Waals surface area (Å²) in [6.07, 6.45) is 16.5. The molecule has 0 aromatic carbocycles. The van der Waals surface area contributed by atoms with Crippen LogP contribution < -0.4 is 0 Å². The molecule has 0 bridgehead atoms. The molecule has 8 nitrogen and oxygen atoms in total. The van der Waals surface area contributed by atoms with E-state index in [-0.39, 0.29) is 42.2 Å². The van der Waals surface area contributed by atoms with Crippen LogP contribution in [0.15, 0.2) is 17.1 Å². The molecular weight excluding hydrogens is 444 g/mol. The van der Waals surface area contributed by atoms with Crippen molar-refractivity contribution in [3.8, 4) is 0 Å². The maximum Gasteiger partial charge on any atom is 0.267 e. The normalized spacial score (nSPS) is 19.8. The van der Waals surface area contributed by atoms with Crippen LogP contribution in [0.3, 0.4) is 0 Å². The van der Waals surface area contributed by atoms with E-state index in [4.69, 9.17) is 4.55 Å². The van der Waals surface area contributed by atoms with Gasteiger partial charge in [-0.25, -0.2) is 4.99 Å². The minimum atomic E-state index is -4.34. The molecule has 2 atom stereocenters. The van der Waals surface area contributed by atoms with Crippen LogP contribution >= 0.6 is 0 Å². The summed E-state index contributed by atoms with van der Waals surface area (Å²) < 4.78 is 31.1. The second-order valence-electron chi connectivity index (χ2n) is 9.18. The van der Waals surface area contributed by atoms with Crippen LogP contribution in [0.2, 0.25) is 0 Å². The number of Topliss-reactive ketones (excluding diaryl/α,β-unsaturated/α-hetero) is 1. The molecule has 0 aliphatic carbocycles. The lowest BCUT2D eigenvalue weighted by atomic mass is 10.1. The SMILES string of the molecule is CCCCCCCCCCCC/C=C/CC(=O)C1=NCC[N+]1(CCO)CC(O)CS(=O)(=O)O. The number of carbonyl (C=O) groups is 1. The van der Waals surface area contributed by atoms with E-state index in [0.29, 0.717) is 13.1 Å². The number of ketones is 1. The van der Waals surface area contributed by atoms with Gasteiger partial charge in [-0.1, -0.05) is 76.9 Å². The number of allylic oxidation sites excluding steroid dienone is 2. The van der Waals surface area contributed by atoms with Gasteiger partial charge < -0.3 is 10.2 Å². The molecule has 1 aliphatic rings. The van der Waals surface area contributed by atoms with Crippen molar-refractivity contribution < 1.29 is 32.5 Å². The summed E-state index contributed by atoms with van der Waals surface area (Å²) in [5, 5.41) is 19.6. The first-order valence-corrected chi connectivity index (χ1v) is 14.2. The number of nitrogens with zero attached hydrogens (tertiary/aromatic N) is 2. The standard InChI is InChI=1S/C24H44N2O6S/c1-2-3-4-5-6-7-8-9-10-11-12-13-14-15-23(29)24-25-16-17-26(24,18-19-27)20-22(28)21-33(30,31)32/h13-14,22,27-28H,2-12,15-21H2,1H3/p+1/b14-13+. The lowest BCUT2D eigenvalue weighted by Gasteiger charge is -2.34. The summed E-state index contributed by atoms with van der Waals surface area (Å²) in [6.45, 7) is 2.87. The average molecular weight is 490 g/mol. The number of carbonyl (C=O) groups excluding carboxylic acids is 1. The molecule has 0 aromatic rings. The lowest BCUT2D eigenvalue weighted by molar-refractivity contribution is -0.837. The molecule has 1 heterocycles. The first kappa shape index (κ1) is 29.9. The molecule has 2 unspecified atom stereocenters. The van der Waals surface area contributed by atoms with Crippen molar-refractivity contribution in [3.05, 3.63) is 12.2 Å². The largest absolute Gasteiger partial charge is 0.390 e. The third kappa shape index (κ3) is 12.8. The number of amidine groups is 1. The van der Waals surface area contributed by atoms with Gasteiger partial charge in [0.25, 0.3) is 16.0 Å². The zero-order valence-electron chi connectivity index (χ0n) is 20.3. The Hall–Kier alpha value is -1.13. The third-order valence-corrected chi connectivity index (χ3v) is 6.98. The molecule has 1 rings (SSSR count). The van der Waals surface area contributed by atoms with E-state index in [1.807, 2.05) is 12.2 Å². The molecule has 0 saturated heterocycles. The van der Waals surface area contributed by atoms with Gasteiger partial charge in [-0.05, 0) is 12.8 Å². The Kier molecular flexibility index (Phi) is 14.9. The van der Waals surface area contributed by atoms with Gasteiger partial charge >= 0.3 is 0 Å². The van der Waals surface area contributed by atoms with Crippen molar-refractivity contribution in [3.63, 3.8) is 0 Å². The van der Waals surface area contributed by atoms with Crippen LogP contribution in [0.1, 0.15) is 84.0 Å². The molecule has 0 amide bonds. The second kappa shape index (κ2) is 16.5. The predicted octanol–water partition coefficient (Wildman–Crippen LogP) is 3.28. The molecular formula is C24H45N2O6S+. The molecule has 0 saturated carbocycles. The quantitative estimate of drug-likeness (QED) is 0.104. The summed E-state index contributed by atoms with van der Waals surface area (Å²) in [6, 6.07) is 0. The zero-order chi connectivity index (χ0) is 24.6. The number of quaternary nitrogens is 1. The van der Waals surface area contributed by atoms with Crippen molar-refractivity contribution in [2.75, 3.05) is 38.5 Å². The van der Waals surface area contributed by atoms with Crippen LogP contribution in [0.5, 0.6) is 0 Å². The van der Waals surface area contributed by atoms with Crippen molar-refractivity contribution in [1.29, 1.82) is 0 Å². The maximum atomic E-state index is 12.8. The van der Waals surface area contributed by atoms with E-state index in [2.05, 4.69) is 11.9 Å². The second-order valence-corrected chi connectivity index (χ2v) is 10.7. The van der Waals surface area contributed by atoms with Crippen LogP contribution in [0, 0.1) is 0 Å². The van der Waals surface area contributed by atoms with E-state index < -0.39 is 22.0 Å². The number of aliphatic hydroxyl groups is 2. The molecule has 192 valence electrons. The zero-order valence-corrected chi connectivity index (χ0v) is 21.1. The van der Waals surface area contributed by atoms with Crippen LogP contribution in [0.25, 0.3) is 0 Å². The number of unbranched alkanes of at least 4 members (excludes halogenated alkanes) is 10. The molecule has 0 fully saturated rings. The molecule has 0 aromatic heterocycles. The highest BCUT2D eigenvalue weighted by molar-refractivity contribution is 7.85. The molecule has 0 spiro atoms. The molecule has 33 heavy (non-hydrogen) atoms. The number of rotatable bonds is 20. The molecule has 9 heteroatoms. The first-order valence-electron chi connectivity index (χ1n) is 12.6. The highest BCUT2D eigenvalue weighted by Gasteiger charge is 2.43. The van der Waals surface area contributed by atoms with Crippen molar-refractivity contribution in [2.45, 2.75) is 90.1 Å². The van der Waals surface area contributed by atoms with Crippen molar-refractivity contribution in [1.82, 2.24) is 0 Å². The molecule has 3 N–H and O–H groups in total. The summed E-state index contributed by atoms with van der Waals surface area (Å²) >= 11 is 0. The van der Waals surface area contributed by atoms with E-state index in [0.717, 1.165) is 12.8 Å². The van der Waals surface area contributed by atoms with Crippen molar-refractivity contribution >= 4 is 21.7 Å². The van der Waals surface area contributed by atoms with Gasteiger partial charge in [-0.3, -0.25) is 13.8 Å². The highest BCUT2D eigenvalue weighted by atomic mass is 32.2. The molecule has 1 aliphatic heterocycles. The first-order chi connectivity index (χ1) is 15.7. The monoisotopic (exact) mass is 489 g/mol. The van der Waals surface area contributed by atoms with Crippen molar-refractivity contribution in [2.24, 2.45) is 4.99 Å². The average Bonchev–Trinajstić information content (AvgIpc) is 3.13. The van der Waals surface area contributed by atoms with Gasteiger partial charge in [-0.2, -0.15) is 8.42 Å². The highest BCUT2D eigenvalue weighted by Crippen LogP contribution is 2.19. The Morgan fingerprint density at radius 3 is 2.24 bits per heavy atom. The number of hydrogen-bond acceptors (Lipinski definition) is 6. The number of hydrogen-bond donors (Lipinski definition) is 3. The summed E-state index contributed by atoms with van der Waals surface area (Å²) in [7, 11) is -4.34. The van der Waals surface area contributed by atoms with Gasteiger partial charge in [0.2, 0.25) is 5.78 Å². The van der Waals surface area contributed by atoms with E-state index >= 15 is 0 Å². The maximum absolute atomic E-state index is 12.8. The Labute approximate surface area is 200 Å². The predicted molar refractivity (Wildman–Crippen MR) is 132 cm³/mol. The van der Waals surface area contributed by atoms with E-state index in [1.165, 1.54) is 57.8 Å². The van der Waals surface area contributed by atoms with E-state index in [1.54, 1.807) is 0 Å². The smallest absolute Gasteiger partial charge is 0.267 e. The van der Waals surface area contributed by atoms with Gasteiger partial charge in [-0.15, -0.1) is 0 Å². The Morgan fingerprint density at radius 1 is 1.06 bits per heavy atom.